The third-order valence-corrected chi connectivity index (χ3v) is 2.55. The maximum Gasteiger partial charge on any atom is 0.269 e. The summed E-state index contributed by atoms with van der Waals surface area (Å²) in [5, 5.41) is 9.54. The highest BCUT2D eigenvalue weighted by Gasteiger charge is 2.13. The Balaban J connectivity index is 2.49. The van der Waals surface area contributed by atoms with Gasteiger partial charge in [-0.05, 0) is 25.8 Å². The number of aryl methyl sites for hydroxylation is 2. The van der Waals surface area contributed by atoms with Crippen LogP contribution in [0.15, 0.2) is 6.07 Å². The maximum absolute atomic E-state index is 11.9. The van der Waals surface area contributed by atoms with E-state index >= 15 is 0 Å². The molecule has 0 spiro atoms. The highest BCUT2D eigenvalue weighted by molar-refractivity contribution is 5.95. The highest BCUT2D eigenvalue weighted by Crippen LogP contribution is 2.03. The zero-order valence-electron chi connectivity index (χ0n) is 12.0. The zero-order valence-corrected chi connectivity index (χ0v) is 12.0. The monoisotopic (exact) mass is 266 g/mol. The third kappa shape index (κ3) is 4.73. The molecule has 0 bridgehead atoms. The average molecular weight is 266 g/mol. The van der Waals surface area contributed by atoms with E-state index in [0.29, 0.717) is 24.7 Å². The summed E-state index contributed by atoms with van der Waals surface area (Å²) in [6, 6.07) is 1.71. The molecule has 1 rings (SSSR count). The molecule has 0 atom stereocenters. The van der Waals surface area contributed by atoms with E-state index in [1.54, 1.807) is 10.7 Å². The van der Waals surface area contributed by atoms with Crippen molar-refractivity contribution in [1.29, 1.82) is 0 Å². The SMILES string of the molecule is CCn1nc(C)cc1C(=O)NCC(=O)NCC(C)C. The number of amides is 2. The molecule has 0 saturated carbocycles. The van der Waals surface area contributed by atoms with Gasteiger partial charge in [-0.1, -0.05) is 13.8 Å². The van der Waals surface area contributed by atoms with Crippen LogP contribution in [0.1, 0.15) is 37.0 Å². The fourth-order valence-corrected chi connectivity index (χ4v) is 1.60. The van der Waals surface area contributed by atoms with E-state index in [0.717, 1.165) is 5.69 Å². The average Bonchev–Trinajstić information content (AvgIpc) is 2.74. The predicted molar refractivity (Wildman–Crippen MR) is 72.8 cm³/mol. The van der Waals surface area contributed by atoms with Crippen molar-refractivity contribution in [3.05, 3.63) is 17.5 Å². The number of hydrogen-bond donors (Lipinski definition) is 2. The van der Waals surface area contributed by atoms with Gasteiger partial charge in [0.25, 0.3) is 5.91 Å². The Hall–Kier alpha value is -1.85. The topological polar surface area (TPSA) is 76.0 Å². The van der Waals surface area contributed by atoms with Crippen LogP contribution >= 0.6 is 0 Å². The second-order valence-electron chi connectivity index (χ2n) is 4.87. The molecule has 0 radical (unpaired) electrons. The minimum Gasteiger partial charge on any atom is -0.354 e. The molecule has 0 unspecified atom stereocenters. The number of aromatic nitrogens is 2. The fourth-order valence-electron chi connectivity index (χ4n) is 1.60. The first-order chi connectivity index (χ1) is 8.93. The summed E-state index contributed by atoms with van der Waals surface area (Å²) >= 11 is 0. The van der Waals surface area contributed by atoms with Gasteiger partial charge < -0.3 is 10.6 Å². The maximum atomic E-state index is 11.9. The van der Waals surface area contributed by atoms with E-state index in [1.165, 1.54) is 0 Å². The molecule has 0 aliphatic rings. The second-order valence-corrected chi connectivity index (χ2v) is 4.87. The molecule has 0 fully saturated rings. The van der Waals surface area contributed by atoms with Gasteiger partial charge in [-0.15, -0.1) is 0 Å². The molecule has 2 amide bonds. The minimum atomic E-state index is -0.276. The van der Waals surface area contributed by atoms with E-state index in [9.17, 15) is 9.59 Å². The molecule has 2 N–H and O–H groups in total. The van der Waals surface area contributed by atoms with Gasteiger partial charge in [0.1, 0.15) is 5.69 Å². The molecule has 19 heavy (non-hydrogen) atoms. The minimum absolute atomic E-state index is 0.0144. The Morgan fingerprint density at radius 2 is 2.05 bits per heavy atom. The molecule has 0 aliphatic heterocycles. The summed E-state index contributed by atoms with van der Waals surface area (Å²) in [5.74, 6) is -0.0627. The van der Waals surface area contributed by atoms with Gasteiger partial charge in [-0.3, -0.25) is 14.3 Å². The van der Waals surface area contributed by atoms with Gasteiger partial charge in [0.15, 0.2) is 0 Å². The van der Waals surface area contributed by atoms with E-state index < -0.39 is 0 Å². The number of hydrogen-bond acceptors (Lipinski definition) is 3. The molecule has 6 heteroatoms. The van der Waals surface area contributed by atoms with Crippen LogP contribution in [0.25, 0.3) is 0 Å². The van der Waals surface area contributed by atoms with Crippen molar-refractivity contribution in [2.75, 3.05) is 13.1 Å². The van der Waals surface area contributed by atoms with Crippen molar-refractivity contribution < 1.29 is 9.59 Å². The van der Waals surface area contributed by atoms with Crippen LogP contribution in [0.5, 0.6) is 0 Å². The summed E-state index contributed by atoms with van der Waals surface area (Å²) < 4.78 is 1.62. The van der Waals surface area contributed by atoms with Crippen molar-refractivity contribution in [2.45, 2.75) is 34.2 Å². The van der Waals surface area contributed by atoms with Crippen LogP contribution in [0.4, 0.5) is 0 Å². The van der Waals surface area contributed by atoms with Crippen LogP contribution in [-0.2, 0) is 11.3 Å². The van der Waals surface area contributed by atoms with E-state index in [4.69, 9.17) is 0 Å². The van der Waals surface area contributed by atoms with Gasteiger partial charge >= 0.3 is 0 Å². The van der Waals surface area contributed by atoms with Gasteiger partial charge in [0.05, 0.1) is 12.2 Å². The Bertz CT molecular complexity index is 451. The summed E-state index contributed by atoms with van der Waals surface area (Å²) in [6.07, 6.45) is 0. The lowest BCUT2D eigenvalue weighted by atomic mass is 10.2. The zero-order chi connectivity index (χ0) is 14.4. The Morgan fingerprint density at radius 3 is 2.63 bits per heavy atom. The molecule has 106 valence electrons. The summed E-state index contributed by atoms with van der Waals surface area (Å²) in [5.41, 5.74) is 1.27. The number of rotatable bonds is 6. The Labute approximate surface area is 113 Å². The normalized spacial score (nSPS) is 10.6. The number of carbonyl (C=O) groups excluding carboxylic acids is 2. The molecule has 0 aliphatic carbocycles. The van der Waals surface area contributed by atoms with Gasteiger partial charge in [-0.25, -0.2) is 0 Å². The smallest absolute Gasteiger partial charge is 0.269 e. The Kier molecular flexibility index (Phi) is 5.54. The van der Waals surface area contributed by atoms with Crippen molar-refractivity contribution >= 4 is 11.8 Å². The van der Waals surface area contributed by atoms with Crippen LogP contribution < -0.4 is 10.6 Å². The lowest BCUT2D eigenvalue weighted by Gasteiger charge is -2.09. The lowest BCUT2D eigenvalue weighted by molar-refractivity contribution is -0.120. The Morgan fingerprint density at radius 1 is 1.37 bits per heavy atom. The highest BCUT2D eigenvalue weighted by atomic mass is 16.2. The second kappa shape index (κ2) is 6.92. The molecular weight excluding hydrogens is 244 g/mol. The fraction of sp³-hybridized carbons (Fsp3) is 0.615. The first kappa shape index (κ1) is 15.2. The summed E-state index contributed by atoms with van der Waals surface area (Å²) in [6.45, 7) is 9.00. The van der Waals surface area contributed by atoms with Crippen molar-refractivity contribution in [3.63, 3.8) is 0 Å². The van der Waals surface area contributed by atoms with Crippen molar-refractivity contribution in [2.24, 2.45) is 5.92 Å². The first-order valence-corrected chi connectivity index (χ1v) is 6.53. The van der Waals surface area contributed by atoms with Crippen LogP contribution in [0.2, 0.25) is 0 Å². The molecule has 1 aromatic rings. The van der Waals surface area contributed by atoms with Gasteiger partial charge in [0.2, 0.25) is 5.91 Å². The first-order valence-electron chi connectivity index (χ1n) is 6.53. The quantitative estimate of drug-likeness (QED) is 0.796. The van der Waals surface area contributed by atoms with Gasteiger partial charge in [-0.2, -0.15) is 5.10 Å². The number of nitrogens with one attached hydrogen (secondary N) is 2. The number of carbonyl (C=O) groups is 2. The molecule has 0 saturated heterocycles. The molecular formula is C13H22N4O2. The van der Waals surface area contributed by atoms with E-state index in [2.05, 4.69) is 15.7 Å². The van der Waals surface area contributed by atoms with Crippen molar-refractivity contribution in [1.82, 2.24) is 20.4 Å². The summed E-state index contributed by atoms with van der Waals surface area (Å²) in [4.78, 5) is 23.4. The molecule has 6 nitrogen and oxygen atoms in total. The predicted octanol–water partition coefficient (Wildman–Crippen LogP) is 0.713. The van der Waals surface area contributed by atoms with Crippen LogP contribution in [-0.4, -0.2) is 34.7 Å². The molecule has 0 aromatic carbocycles. The molecule has 1 aromatic heterocycles. The summed E-state index contributed by atoms with van der Waals surface area (Å²) in [7, 11) is 0. The van der Waals surface area contributed by atoms with E-state index in [1.807, 2.05) is 27.7 Å². The van der Waals surface area contributed by atoms with E-state index in [-0.39, 0.29) is 18.4 Å². The van der Waals surface area contributed by atoms with Crippen LogP contribution in [0, 0.1) is 12.8 Å². The standard InChI is InChI=1S/C13H22N4O2/c1-5-17-11(6-10(4)16-17)13(19)15-8-12(18)14-7-9(2)3/h6,9H,5,7-8H2,1-4H3,(H,14,18)(H,15,19). The number of nitrogens with zero attached hydrogens (tertiary/aromatic N) is 2. The van der Waals surface area contributed by atoms with Gasteiger partial charge in [0, 0.05) is 13.1 Å². The third-order valence-electron chi connectivity index (χ3n) is 2.55. The van der Waals surface area contributed by atoms with Crippen molar-refractivity contribution in [3.8, 4) is 0 Å². The largest absolute Gasteiger partial charge is 0.354 e. The lowest BCUT2D eigenvalue weighted by Crippen LogP contribution is -2.38. The molecule has 1 heterocycles. The van der Waals surface area contributed by atoms with Crippen LogP contribution in [0.3, 0.4) is 0 Å².